The molecule has 0 unspecified atom stereocenters. The number of benzene rings is 1. The van der Waals surface area contributed by atoms with E-state index in [4.69, 9.17) is 21.1 Å². The number of hydrogen-bond acceptors (Lipinski definition) is 2. The van der Waals surface area contributed by atoms with Gasteiger partial charge in [-0.15, -0.1) is 0 Å². The van der Waals surface area contributed by atoms with Gasteiger partial charge in [-0.25, -0.2) is 0 Å². The molecule has 3 aromatic rings. The van der Waals surface area contributed by atoms with Crippen LogP contribution in [0.2, 0.25) is 5.02 Å². The van der Waals surface area contributed by atoms with E-state index in [1.165, 1.54) is 5.57 Å². The van der Waals surface area contributed by atoms with E-state index < -0.39 is 0 Å². The molecule has 0 atom stereocenters. The van der Waals surface area contributed by atoms with Gasteiger partial charge in [-0.2, -0.15) is 9.61 Å². The van der Waals surface area contributed by atoms with Crippen LogP contribution in [0.3, 0.4) is 0 Å². The van der Waals surface area contributed by atoms with Crippen LogP contribution in [-0.4, -0.2) is 9.61 Å². The standard InChI is InChI=1S/C20H23ClN2O/c1-6-8-15(7-2)18-13(4)22-23-19(14(5)24-20(18)23)16-10-9-12(3)11-17(16)21/h7,9-11H,6,8H2,1-5H3. The average Bonchev–Trinajstić information content (AvgIpc) is 2.99. The summed E-state index contributed by atoms with van der Waals surface area (Å²) in [5, 5.41) is 5.47. The first kappa shape index (κ1) is 16.8. The van der Waals surface area contributed by atoms with Crippen molar-refractivity contribution in [1.29, 1.82) is 0 Å². The van der Waals surface area contributed by atoms with E-state index in [2.05, 4.69) is 26.0 Å². The largest absolute Gasteiger partial charge is 0.441 e. The first-order valence-electron chi connectivity index (χ1n) is 8.38. The summed E-state index contributed by atoms with van der Waals surface area (Å²) in [4.78, 5) is 0. The van der Waals surface area contributed by atoms with Crippen molar-refractivity contribution in [2.24, 2.45) is 0 Å². The molecule has 0 N–H and O–H groups in total. The van der Waals surface area contributed by atoms with Crippen molar-refractivity contribution in [2.45, 2.75) is 47.5 Å². The van der Waals surface area contributed by atoms with Gasteiger partial charge in [-0.05, 0) is 51.3 Å². The molecule has 126 valence electrons. The van der Waals surface area contributed by atoms with Crippen LogP contribution < -0.4 is 0 Å². The van der Waals surface area contributed by atoms with E-state index >= 15 is 0 Å². The Morgan fingerprint density at radius 1 is 1.29 bits per heavy atom. The predicted molar refractivity (Wildman–Crippen MR) is 101 cm³/mol. The van der Waals surface area contributed by atoms with Crippen molar-refractivity contribution in [3.63, 3.8) is 0 Å². The minimum Gasteiger partial charge on any atom is -0.441 e. The third kappa shape index (κ3) is 2.67. The van der Waals surface area contributed by atoms with Crippen LogP contribution in [0, 0.1) is 20.8 Å². The number of halogens is 1. The lowest BCUT2D eigenvalue weighted by atomic mass is 10.0. The number of aryl methyl sites for hydroxylation is 3. The topological polar surface area (TPSA) is 30.4 Å². The maximum Gasteiger partial charge on any atom is 0.230 e. The minimum absolute atomic E-state index is 0.718. The molecule has 0 amide bonds. The molecule has 2 aromatic heterocycles. The molecular weight excluding hydrogens is 320 g/mol. The zero-order valence-electron chi connectivity index (χ0n) is 14.9. The van der Waals surface area contributed by atoms with E-state index in [1.54, 1.807) is 0 Å². The van der Waals surface area contributed by atoms with Gasteiger partial charge in [-0.1, -0.05) is 43.2 Å². The first-order chi connectivity index (χ1) is 11.5. The molecule has 0 spiro atoms. The molecule has 2 heterocycles. The SMILES string of the molecule is CC=C(CCC)c1c(C)nn2c(-c3ccc(C)cc3Cl)c(C)oc12. The second-order valence-corrected chi connectivity index (χ2v) is 6.64. The van der Waals surface area contributed by atoms with Gasteiger partial charge < -0.3 is 4.42 Å². The maximum absolute atomic E-state index is 6.49. The molecule has 0 aliphatic carbocycles. The van der Waals surface area contributed by atoms with Gasteiger partial charge in [0.25, 0.3) is 0 Å². The van der Waals surface area contributed by atoms with Gasteiger partial charge >= 0.3 is 0 Å². The Labute approximate surface area is 147 Å². The normalized spacial score (nSPS) is 12.3. The lowest BCUT2D eigenvalue weighted by Crippen LogP contribution is -1.92. The Kier molecular flexibility index (Phi) is 4.55. The molecule has 4 heteroatoms. The molecule has 0 fully saturated rings. The number of oxazole rings is 1. The average molecular weight is 343 g/mol. The highest BCUT2D eigenvalue weighted by Crippen LogP contribution is 2.37. The first-order valence-corrected chi connectivity index (χ1v) is 8.76. The van der Waals surface area contributed by atoms with Crippen LogP contribution in [0.25, 0.3) is 22.5 Å². The predicted octanol–water partition coefficient (Wildman–Crippen LogP) is 6.38. The van der Waals surface area contributed by atoms with Crippen LogP contribution in [0.5, 0.6) is 0 Å². The molecule has 0 aliphatic heterocycles. The van der Waals surface area contributed by atoms with E-state index in [-0.39, 0.29) is 0 Å². The highest BCUT2D eigenvalue weighted by Gasteiger charge is 2.23. The fraction of sp³-hybridized carbons (Fsp3) is 0.350. The van der Waals surface area contributed by atoms with E-state index in [0.717, 1.165) is 57.4 Å². The second-order valence-electron chi connectivity index (χ2n) is 6.23. The molecule has 0 radical (unpaired) electrons. The van der Waals surface area contributed by atoms with Crippen molar-refractivity contribution in [2.75, 3.05) is 0 Å². The van der Waals surface area contributed by atoms with Crippen LogP contribution in [0.15, 0.2) is 28.7 Å². The summed E-state index contributed by atoms with van der Waals surface area (Å²) in [6, 6.07) is 6.07. The molecule has 3 rings (SSSR count). The summed E-state index contributed by atoms with van der Waals surface area (Å²) >= 11 is 6.49. The summed E-state index contributed by atoms with van der Waals surface area (Å²) in [6.07, 6.45) is 4.26. The van der Waals surface area contributed by atoms with Gasteiger partial charge in [0.15, 0.2) is 0 Å². The molecule has 0 saturated heterocycles. The highest BCUT2D eigenvalue weighted by molar-refractivity contribution is 6.33. The molecule has 3 nitrogen and oxygen atoms in total. The quantitative estimate of drug-likeness (QED) is 0.551. The van der Waals surface area contributed by atoms with Crippen molar-refractivity contribution >= 4 is 22.9 Å². The number of aromatic nitrogens is 2. The zero-order chi connectivity index (χ0) is 17.4. The Morgan fingerprint density at radius 2 is 2.04 bits per heavy atom. The summed E-state index contributed by atoms with van der Waals surface area (Å²) in [5.41, 5.74) is 7.19. The van der Waals surface area contributed by atoms with E-state index in [1.807, 2.05) is 37.4 Å². The van der Waals surface area contributed by atoms with Crippen molar-refractivity contribution in [1.82, 2.24) is 9.61 Å². The molecule has 1 aromatic carbocycles. The smallest absolute Gasteiger partial charge is 0.230 e. The minimum atomic E-state index is 0.718. The summed E-state index contributed by atoms with van der Waals surface area (Å²) in [6.45, 7) is 10.3. The van der Waals surface area contributed by atoms with Gasteiger partial charge in [0, 0.05) is 5.56 Å². The molecule has 0 saturated carbocycles. The van der Waals surface area contributed by atoms with Crippen LogP contribution in [-0.2, 0) is 0 Å². The van der Waals surface area contributed by atoms with Gasteiger partial charge in [-0.3, -0.25) is 0 Å². The number of rotatable bonds is 4. The van der Waals surface area contributed by atoms with Crippen molar-refractivity contribution in [3.8, 4) is 11.3 Å². The van der Waals surface area contributed by atoms with Crippen LogP contribution >= 0.6 is 11.6 Å². The Balaban J connectivity index is 2.27. The lowest BCUT2D eigenvalue weighted by Gasteiger charge is -2.04. The fourth-order valence-corrected chi connectivity index (χ4v) is 3.59. The molecule has 24 heavy (non-hydrogen) atoms. The van der Waals surface area contributed by atoms with Crippen LogP contribution in [0.4, 0.5) is 0 Å². The third-order valence-electron chi connectivity index (χ3n) is 4.38. The monoisotopic (exact) mass is 342 g/mol. The van der Waals surface area contributed by atoms with Crippen molar-refractivity contribution in [3.05, 3.63) is 51.9 Å². The zero-order valence-corrected chi connectivity index (χ0v) is 15.7. The van der Waals surface area contributed by atoms with Crippen molar-refractivity contribution < 1.29 is 4.42 Å². The van der Waals surface area contributed by atoms with Gasteiger partial charge in [0.1, 0.15) is 11.5 Å². The third-order valence-corrected chi connectivity index (χ3v) is 4.69. The number of allylic oxidation sites excluding steroid dienone is 2. The number of nitrogens with zero attached hydrogens (tertiary/aromatic N) is 2. The second kappa shape index (κ2) is 6.48. The van der Waals surface area contributed by atoms with Gasteiger partial charge in [0.05, 0.1) is 16.3 Å². The molecule has 0 aliphatic rings. The number of fused-ring (bicyclic) bond motifs is 1. The highest BCUT2D eigenvalue weighted by atomic mass is 35.5. The summed E-state index contributed by atoms with van der Waals surface area (Å²) in [5.74, 6) is 0.830. The molecular formula is C20H23ClN2O. The Morgan fingerprint density at radius 3 is 2.67 bits per heavy atom. The number of hydrogen-bond donors (Lipinski definition) is 0. The maximum atomic E-state index is 6.49. The fourth-order valence-electron chi connectivity index (χ4n) is 3.26. The molecule has 0 bridgehead atoms. The lowest BCUT2D eigenvalue weighted by molar-refractivity contribution is 0.572. The van der Waals surface area contributed by atoms with E-state index in [0.29, 0.717) is 0 Å². The van der Waals surface area contributed by atoms with E-state index in [9.17, 15) is 0 Å². The summed E-state index contributed by atoms with van der Waals surface area (Å²) < 4.78 is 8.02. The Hall–Kier alpha value is -2.00. The Bertz CT molecular complexity index is 931. The van der Waals surface area contributed by atoms with Crippen LogP contribution in [0.1, 0.15) is 49.3 Å². The summed E-state index contributed by atoms with van der Waals surface area (Å²) in [7, 11) is 0. The van der Waals surface area contributed by atoms with Gasteiger partial charge in [0.2, 0.25) is 5.71 Å².